The number of likely N-dealkylation sites (N-methyl/N-ethyl adjacent to an activating group) is 1. The Labute approximate surface area is 121 Å². The molecule has 1 unspecified atom stereocenters. The monoisotopic (exact) mass is 282 g/mol. The Balaban J connectivity index is 0.00000180. The molecule has 3 nitrogen and oxygen atoms in total. The van der Waals surface area contributed by atoms with Crippen molar-refractivity contribution < 1.29 is 4.79 Å². The number of nitrogens with one attached hydrogen (secondary N) is 1. The van der Waals surface area contributed by atoms with E-state index in [0.29, 0.717) is 12.5 Å². The van der Waals surface area contributed by atoms with E-state index in [-0.39, 0.29) is 18.3 Å². The molecule has 2 rings (SSSR count). The lowest BCUT2D eigenvalue weighted by molar-refractivity contribution is -0.131. The van der Waals surface area contributed by atoms with Gasteiger partial charge < -0.3 is 10.2 Å². The summed E-state index contributed by atoms with van der Waals surface area (Å²) in [5, 5.41) is 3.18. The van der Waals surface area contributed by atoms with Crippen molar-refractivity contribution in [2.75, 3.05) is 20.1 Å². The number of carbonyl (C=O) groups is 1. The van der Waals surface area contributed by atoms with E-state index in [0.717, 1.165) is 31.5 Å². The number of carbonyl (C=O) groups excluding carboxylic acids is 1. The number of hydrogen-bond acceptors (Lipinski definition) is 2. The number of halogens is 1. The molecule has 1 fully saturated rings. The fourth-order valence-electron chi connectivity index (χ4n) is 2.68. The zero-order valence-electron chi connectivity index (χ0n) is 11.7. The fourth-order valence-corrected chi connectivity index (χ4v) is 2.68. The van der Waals surface area contributed by atoms with Crippen molar-refractivity contribution >= 4 is 18.3 Å². The second-order valence-electron chi connectivity index (χ2n) is 5.04. The first-order valence-electron chi connectivity index (χ1n) is 6.71. The van der Waals surface area contributed by atoms with E-state index in [1.807, 2.05) is 24.1 Å². The van der Waals surface area contributed by atoms with Gasteiger partial charge in [0.1, 0.15) is 0 Å². The van der Waals surface area contributed by atoms with E-state index in [2.05, 4.69) is 24.4 Å². The van der Waals surface area contributed by atoms with Crippen LogP contribution in [0.4, 0.5) is 0 Å². The Morgan fingerprint density at radius 2 is 2.16 bits per heavy atom. The van der Waals surface area contributed by atoms with Gasteiger partial charge in [-0.2, -0.15) is 0 Å². The number of benzene rings is 1. The predicted octanol–water partition coefficient (Wildman–Crippen LogP) is 2.17. The minimum atomic E-state index is 0. The Kier molecular flexibility index (Phi) is 6.32. The quantitative estimate of drug-likeness (QED) is 0.918. The van der Waals surface area contributed by atoms with Crippen molar-refractivity contribution in [1.29, 1.82) is 0 Å². The van der Waals surface area contributed by atoms with Crippen LogP contribution in [0.1, 0.15) is 24.0 Å². The lowest BCUT2D eigenvalue weighted by Crippen LogP contribution is -2.41. The van der Waals surface area contributed by atoms with E-state index in [1.54, 1.807) is 0 Å². The predicted molar refractivity (Wildman–Crippen MR) is 80.8 cm³/mol. The van der Waals surface area contributed by atoms with Crippen LogP contribution < -0.4 is 5.32 Å². The summed E-state index contributed by atoms with van der Waals surface area (Å²) in [6, 6.07) is 8.52. The molecule has 1 saturated heterocycles. The van der Waals surface area contributed by atoms with Gasteiger partial charge in [-0.25, -0.2) is 0 Å². The third kappa shape index (κ3) is 3.95. The summed E-state index contributed by atoms with van der Waals surface area (Å²) in [6.45, 7) is 3.88. The van der Waals surface area contributed by atoms with Crippen molar-refractivity contribution in [2.24, 2.45) is 0 Å². The highest BCUT2D eigenvalue weighted by atomic mass is 35.5. The van der Waals surface area contributed by atoms with Crippen LogP contribution in [0.15, 0.2) is 24.3 Å². The van der Waals surface area contributed by atoms with Gasteiger partial charge in [0, 0.05) is 19.1 Å². The minimum absolute atomic E-state index is 0. The van der Waals surface area contributed by atoms with Crippen molar-refractivity contribution in [3.8, 4) is 0 Å². The molecule has 1 aliphatic rings. The van der Waals surface area contributed by atoms with Crippen LogP contribution >= 0.6 is 12.4 Å². The van der Waals surface area contributed by atoms with Gasteiger partial charge in [0.15, 0.2) is 0 Å². The van der Waals surface area contributed by atoms with Crippen LogP contribution in [0, 0.1) is 6.92 Å². The maximum absolute atomic E-state index is 12.4. The van der Waals surface area contributed by atoms with Gasteiger partial charge in [-0.05, 0) is 37.9 Å². The smallest absolute Gasteiger partial charge is 0.227 e. The second kappa shape index (κ2) is 7.51. The first kappa shape index (κ1) is 16.0. The Hall–Kier alpha value is -1.06. The molecule has 1 heterocycles. The minimum Gasteiger partial charge on any atom is -0.338 e. The van der Waals surface area contributed by atoms with E-state index in [1.165, 1.54) is 5.56 Å². The van der Waals surface area contributed by atoms with Gasteiger partial charge in [0.2, 0.25) is 5.91 Å². The normalized spacial score (nSPS) is 18.2. The third-order valence-corrected chi connectivity index (χ3v) is 3.74. The zero-order chi connectivity index (χ0) is 13.0. The highest BCUT2D eigenvalue weighted by Gasteiger charge is 2.27. The Bertz CT molecular complexity index is 422. The van der Waals surface area contributed by atoms with Gasteiger partial charge >= 0.3 is 0 Å². The number of hydrogen-bond donors (Lipinski definition) is 1. The average molecular weight is 283 g/mol. The summed E-state index contributed by atoms with van der Waals surface area (Å²) < 4.78 is 0. The summed E-state index contributed by atoms with van der Waals surface area (Å²) in [5.41, 5.74) is 2.35. The van der Waals surface area contributed by atoms with Crippen molar-refractivity contribution in [1.82, 2.24) is 10.2 Å². The van der Waals surface area contributed by atoms with Gasteiger partial charge in [0.05, 0.1) is 6.42 Å². The molecule has 1 aliphatic heterocycles. The average Bonchev–Trinajstić information content (AvgIpc) is 2.81. The first-order valence-corrected chi connectivity index (χ1v) is 6.71. The number of likely N-dealkylation sites (tertiary alicyclic amines) is 1. The molecule has 1 amide bonds. The topological polar surface area (TPSA) is 32.3 Å². The molecule has 1 atom stereocenters. The molecule has 19 heavy (non-hydrogen) atoms. The molecule has 1 aromatic carbocycles. The summed E-state index contributed by atoms with van der Waals surface area (Å²) >= 11 is 0. The zero-order valence-corrected chi connectivity index (χ0v) is 12.5. The van der Waals surface area contributed by atoms with E-state index in [4.69, 9.17) is 0 Å². The van der Waals surface area contributed by atoms with Gasteiger partial charge in [-0.1, -0.05) is 24.3 Å². The largest absolute Gasteiger partial charge is 0.338 e. The molecule has 0 saturated carbocycles. The molecule has 1 N–H and O–H groups in total. The molecule has 0 aromatic heterocycles. The molecular weight excluding hydrogens is 260 g/mol. The van der Waals surface area contributed by atoms with Crippen LogP contribution in [0.25, 0.3) is 0 Å². The van der Waals surface area contributed by atoms with E-state index >= 15 is 0 Å². The highest BCUT2D eigenvalue weighted by Crippen LogP contribution is 2.19. The number of nitrogens with zero attached hydrogens (tertiary/aromatic N) is 1. The standard InChI is InChI=1S/C15H22N2O.ClH/c1-12-6-3-4-7-13(12)10-15(18)17-9-5-8-14(17)11-16-2;/h3-4,6-7,14,16H,5,8-11H2,1-2H3;1H. The fraction of sp³-hybridized carbons (Fsp3) is 0.533. The van der Waals surface area contributed by atoms with E-state index < -0.39 is 0 Å². The SMILES string of the molecule is CNCC1CCCN1C(=O)Cc1ccccc1C.Cl. The van der Waals surface area contributed by atoms with Crippen LogP contribution in [0.2, 0.25) is 0 Å². The van der Waals surface area contributed by atoms with E-state index in [9.17, 15) is 4.79 Å². The summed E-state index contributed by atoms with van der Waals surface area (Å²) in [7, 11) is 1.95. The lowest BCUT2D eigenvalue weighted by Gasteiger charge is -2.25. The number of amides is 1. The number of aryl methyl sites for hydroxylation is 1. The molecular formula is C15H23ClN2O. The molecule has 0 aliphatic carbocycles. The van der Waals surface area contributed by atoms with Crippen LogP contribution in [0.3, 0.4) is 0 Å². The second-order valence-corrected chi connectivity index (χ2v) is 5.04. The maximum Gasteiger partial charge on any atom is 0.227 e. The van der Waals surface area contributed by atoms with Crippen LogP contribution in [0.5, 0.6) is 0 Å². The molecule has 1 aromatic rings. The summed E-state index contributed by atoms with van der Waals surface area (Å²) in [6.07, 6.45) is 2.79. The van der Waals surface area contributed by atoms with Crippen LogP contribution in [-0.4, -0.2) is 37.0 Å². The molecule has 4 heteroatoms. The molecule has 106 valence electrons. The molecule has 0 spiro atoms. The van der Waals surface area contributed by atoms with Crippen molar-refractivity contribution in [2.45, 2.75) is 32.2 Å². The van der Waals surface area contributed by atoms with Crippen molar-refractivity contribution in [3.63, 3.8) is 0 Å². The summed E-state index contributed by atoms with van der Waals surface area (Å²) in [5.74, 6) is 0.266. The number of rotatable bonds is 4. The van der Waals surface area contributed by atoms with Gasteiger partial charge in [-0.3, -0.25) is 4.79 Å². The third-order valence-electron chi connectivity index (χ3n) is 3.74. The Morgan fingerprint density at radius 3 is 2.84 bits per heavy atom. The Morgan fingerprint density at radius 1 is 1.42 bits per heavy atom. The van der Waals surface area contributed by atoms with Gasteiger partial charge in [0.25, 0.3) is 0 Å². The molecule has 0 bridgehead atoms. The lowest BCUT2D eigenvalue weighted by atomic mass is 10.1. The maximum atomic E-state index is 12.4. The van der Waals surface area contributed by atoms with Crippen LogP contribution in [-0.2, 0) is 11.2 Å². The van der Waals surface area contributed by atoms with Gasteiger partial charge in [-0.15, -0.1) is 12.4 Å². The first-order chi connectivity index (χ1) is 8.72. The molecule has 0 radical (unpaired) electrons. The van der Waals surface area contributed by atoms with Crippen molar-refractivity contribution in [3.05, 3.63) is 35.4 Å². The summed E-state index contributed by atoms with van der Waals surface area (Å²) in [4.78, 5) is 14.4. The highest BCUT2D eigenvalue weighted by molar-refractivity contribution is 5.85.